The van der Waals surface area contributed by atoms with Crippen molar-refractivity contribution in [2.24, 2.45) is 0 Å². The fraction of sp³-hybridized carbons (Fsp3) is 0.533. The SMILES string of the molecule is COC1CCCN(C(=O)C(S)Cc2ccccc2)C1. The third kappa shape index (κ3) is 3.98. The Bertz CT molecular complexity index is 410. The minimum absolute atomic E-state index is 0.119. The molecule has 0 aliphatic carbocycles. The molecule has 1 aromatic rings. The highest BCUT2D eigenvalue weighted by atomic mass is 32.1. The predicted octanol–water partition coefficient (Wildman–Crippen LogP) is 2.16. The van der Waals surface area contributed by atoms with Crippen LogP contribution in [-0.4, -0.2) is 42.4 Å². The van der Waals surface area contributed by atoms with Crippen molar-refractivity contribution in [2.45, 2.75) is 30.6 Å². The van der Waals surface area contributed by atoms with Crippen LogP contribution in [0.1, 0.15) is 18.4 Å². The average molecular weight is 279 g/mol. The molecule has 0 bridgehead atoms. The van der Waals surface area contributed by atoms with Gasteiger partial charge in [0.15, 0.2) is 0 Å². The van der Waals surface area contributed by atoms with E-state index in [2.05, 4.69) is 12.6 Å². The Balaban J connectivity index is 1.91. The number of amides is 1. The Morgan fingerprint density at radius 2 is 2.21 bits per heavy atom. The van der Waals surface area contributed by atoms with Crippen LogP contribution in [0.25, 0.3) is 0 Å². The van der Waals surface area contributed by atoms with E-state index in [0.29, 0.717) is 13.0 Å². The van der Waals surface area contributed by atoms with Crippen molar-refractivity contribution >= 4 is 18.5 Å². The maximum Gasteiger partial charge on any atom is 0.235 e. The molecule has 2 rings (SSSR count). The minimum Gasteiger partial charge on any atom is -0.380 e. The first kappa shape index (κ1) is 14.4. The van der Waals surface area contributed by atoms with Gasteiger partial charge >= 0.3 is 0 Å². The molecular formula is C15H21NO2S. The molecule has 0 saturated carbocycles. The predicted molar refractivity (Wildman–Crippen MR) is 79.5 cm³/mol. The Morgan fingerprint density at radius 1 is 1.47 bits per heavy atom. The first-order valence-electron chi connectivity index (χ1n) is 6.74. The zero-order chi connectivity index (χ0) is 13.7. The summed E-state index contributed by atoms with van der Waals surface area (Å²) in [6.45, 7) is 1.52. The summed E-state index contributed by atoms with van der Waals surface area (Å²) >= 11 is 4.47. The summed E-state index contributed by atoms with van der Waals surface area (Å²) in [6.07, 6.45) is 2.90. The van der Waals surface area contributed by atoms with Gasteiger partial charge in [-0.2, -0.15) is 12.6 Å². The van der Waals surface area contributed by atoms with Crippen molar-refractivity contribution in [3.8, 4) is 0 Å². The lowest BCUT2D eigenvalue weighted by Crippen LogP contribution is -2.46. The molecule has 1 aliphatic heterocycles. The summed E-state index contributed by atoms with van der Waals surface area (Å²) in [7, 11) is 1.71. The second-order valence-corrected chi connectivity index (χ2v) is 5.61. The Kier molecular flexibility index (Phi) is 5.28. The zero-order valence-electron chi connectivity index (χ0n) is 11.3. The average Bonchev–Trinajstić information content (AvgIpc) is 2.47. The lowest BCUT2D eigenvalue weighted by atomic mass is 10.1. The molecule has 3 nitrogen and oxygen atoms in total. The number of piperidine rings is 1. The van der Waals surface area contributed by atoms with E-state index >= 15 is 0 Å². The highest BCUT2D eigenvalue weighted by Crippen LogP contribution is 2.17. The van der Waals surface area contributed by atoms with E-state index in [-0.39, 0.29) is 17.3 Å². The fourth-order valence-corrected chi connectivity index (χ4v) is 2.84. The number of hydrogen-bond donors (Lipinski definition) is 1. The summed E-state index contributed by atoms with van der Waals surface area (Å²) < 4.78 is 5.35. The lowest BCUT2D eigenvalue weighted by Gasteiger charge is -2.33. The Morgan fingerprint density at radius 3 is 2.89 bits per heavy atom. The lowest BCUT2D eigenvalue weighted by molar-refractivity contribution is -0.134. The molecule has 2 unspecified atom stereocenters. The van der Waals surface area contributed by atoms with E-state index in [1.54, 1.807) is 7.11 Å². The molecule has 1 aromatic carbocycles. The number of nitrogens with zero attached hydrogens (tertiary/aromatic N) is 1. The van der Waals surface area contributed by atoms with Gasteiger partial charge in [0.2, 0.25) is 5.91 Å². The van der Waals surface area contributed by atoms with Crippen molar-refractivity contribution < 1.29 is 9.53 Å². The standard InChI is InChI=1S/C15H21NO2S/c1-18-13-8-5-9-16(11-13)15(17)14(19)10-12-6-3-2-4-7-12/h2-4,6-7,13-14,19H,5,8-11H2,1H3. The van der Waals surface area contributed by atoms with Crippen molar-refractivity contribution in [2.75, 3.05) is 20.2 Å². The Hall–Kier alpha value is -1.00. The fourth-order valence-electron chi connectivity index (χ4n) is 2.47. The normalized spacial score (nSPS) is 21.2. The van der Waals surface area contributed by atoms with Crippen molar-refractivity contribution in [1.82, 2.24) is 4.90 Å². The number of hydrogen-bond acceptors (Lipinski definition) is 3. The monoisotopic (exact) mass is 279 g/mol. The van der Waals surface area contributed by atoms with Crippen LogP contribution in [0.15, 0.2) is 30.3 Å². The maximum atomic E-state index is 12.4. The minimum atomic E-state index is -0.266. The molecule has 0 spiro atoms. The van der Waals surface area contributed by atoms with Gasteiger partial charge in [0, 0.05) is 20.2 Å². The third-order valence-corrected chi connectivity index (χ3v) is 3.98. The van der Waals surface area contributed by atoms with Crippen LogP contribution >= 0.6 is 12.6 Å². The van der Waals surface area contributed by atoms with Crippen molar-refractivity contribution in [3.63, 3.8) is 0 Å². The number of carbonyl (C=O) groups excluding carboxylic acids is 1. The molecule has 4 heteroatoms. The topological polar surface area (TPSA) is 29.5 Å². The third-order valence-electron chi connectivity index (χ3n) is 3.58. The second kappa shape index (κ2) is 6.96. The van der Waals surface area contributed by atoms with Gasteiger partial charge in [-0.3, -0.25) is 4.79 Å². The first-order valence-corrected chi connectivity index (χ1v) is 7.26. The summed E-state index contributed by atoms with van der Waals surface area (Å²) in [5.74, 6) is 0.119. The molecule has 104 valence electrons. The van der Waals surface area contributed by atoms with Crippen molar-refractivity contribution in [3.05, 3.63) is 35.9 Å². The van der Waals surface area contributed by atoms with Gasteiger partial charge in [-0.25, -0.2) is 0 Å². The molecular weight excluding hydrogens is 258 g/mol. The van der Waals surface area contributed by atoms with Gasteiger partial charge in [0.1, 0.15) is 0 Å². The summed E-state index contributed by atoms with van der Waals surface area (Å²) in [5, 5.41) is -0.266. The number of rotatable bonds is 4. The number of benzene rings is 1. The van der Waals surface area contributed by atoms with Crippen LogP contribution in [0, 0.1) is 0 Å². The van der Waals surface area contributed by atoms with E-state index in [0.717, 1.165) is 24.9 Å². The van der Waals surface area contributed by atoms with Crippen LogP contribution in [0.2, 0.25) is 0 Å². The van der Waals surface area contributed by atoms with Crippen LogP contribution in [-0.2, 0) is 16.0 Å². The van der Waals surface area contributed by atoms with Gasteiger partial charge in [0.05, 0.1) is 11.4 Å². The van der Waals surface area contributed by atoms with Gasteiger partial charge in [-0.1, -0.05) is 30.3 Å². The summed E-state index contributed by atoms with van der Waals surface area (Å²) in [4.78, 5) is 14.2. The van der Waals surface area contributed by atoms with Crippen LogP contribution in [0.5, 0.6) is 0 Å². The molecule has 0 N–H and O–H groups in total. The quantitative estimate of drug-likeness (QED) is 0.856. The van der Waals surface area contributed by atoms with Gasteiger partial charge < -0.3 is 9.64 Å². The number of ether oxygens (including phenoxy) is 1. The summed E-state index contributed by atoms with van der Waals surface area (Å²) in [6, 6.07) is 10.0. The Labute approximate surface area is 120 Å². The molecule has 19 heavy (non-hydrogen) atoms. The van der Waals surface area contributed by atoms with E-state index < -0.39 is 0 Å². The molecule has 1 aliphatic rings. The summed E-state index contributed by atoms with van der Waals surface area (Å²) in [5.41, 5.74) is 1.15. The molecule has 1 fully saturated rings. The van der Waals surface area contributed by atoms with E-state index in [4.69, 9.17) is 4.74 Å². The van der Waals surface area contributed by atoms with Crippen LogP contribution < -0.4 is 0 Å². The molecule has 0 radical (unpaired) electrons. The largest absolute Gasteiger partial charge is 0.380 e. The van der Waals surface area contributed by atoms with Gasteiger partial charge in [-0.15, -0.1) is 0 Å². The smallest absolute Gasteiger partial charge is 0.235 e. The number of thiol groups is 1. The van der Waals surface area contributed by atoms with Gasteiger partial charge in [0.25, 0.3) is 0 Å². The molecule has 1 amide bonds. The maximum absolute atomic E-state index is 12.4. The zero-order valence-corrected chi connectivity index (χ0v) is 12.2. The van der Waals surface area contributed by atoms with Gasteiger partial charge in [-0.05, 0) is 24.8 Å². The van der Waals surface area contributed by atoms with Crippen molar-refractivity contribution in [1.29, 1.82) is 0 Å². The molecule has 0 aromatic heterocycles. The number of carbonyl (C=O) groups is 1. The van der Waals surface area contributed by atoms with E-state index in [1.807, 2.05) is 35.2 Å². The van der Waals surface area contributed by atoms with Crippen LogP contribution in [0.3, 0.4) is 0 Å². The molecule has 2 atom stereocenters. The highest BCUT2D eigenvalue weighted by Gasteiger charge is 2.27. The highest BCUT2D eigenvalue weighted by molar-refractivity contribution is 7.81. The first-order chi connectivity index (χ1) is 9.20. The molecule has 1 saturated heterocycles. The van der Waals surface area contributed by atoms with E-state index in [9.17, 15) is 4.79 Å². The van der Waals surface area contributed by atoms with Crippen LogP contribution in [0.4, 0.5) is 0 Å². The molecule has 1 heterocycles. The second-order valence-electron chi connectivity index (χ2n) is 4.99. The van der Waals surface area contributed by atoms with E-state index in [1.165, 1.54) is 0 Å². The number of likely N-dealkylation sites (tertiary alicyclic amines) is 1. The number of methoxy groups -OCH3 is 1.